The number of halogens is 1. The van der Waals surface area contributed by atoms with Crippen LogP contribution in [0.1, 0.15) is 24.0 Å². The summed E-state index contributed by atoms with van der Waals surface area (Å²) in [7, 11) is 5.12. The molecular formula is C23H30BrNO3. The number of methoxy groups -OCH3 is 3. The third-order valence-electron chi connectivity index (χ3n) is 5.65. The van der Waals surface area contributed by atoms with Crippen LogP contribution in [0.4, 0.5) is 0 Å². The minimum Gasteiger partial charge on any atom is -0.497 e. The van der Waals surface area contributed by atoms with E-state index in [0.29, 0.717) is 0 Å². The van der Waals surface area contributed by atoms with E-state index in [1.54, 1.807) is 21.3 Å². The van der Waals surface area contributed by atoms with E-state index in [-0.39, 0.29) is 0 Å². The number of para-hydroxylation sites is 1. The van der Waals surface area contributed by atoms with E-state index in [1.165, 1.54) is 28.4 Å². The Kier molecular flexibility index (Phi) is 7.63. The molecule has 2 aromatic carbocycles. The van der Waals surface area contributed by atoms with E-state index in [0.717, 1.165) is 55.6 Å². The van der Waals surface area contributed by atoms with Crippen LogP contribution >= 0.6 is 15.9 Å². The van der Waals surface area contributed by atoms with Gasteiger partial charge in [0, 0.05) is 11.0 Å². The molecule has 4 nitrogen and oxygen atoms in total. The van der Waals surface area contributed by atoms with Gasteiger partial charge in [-0.25, -0.2) is 0 Å². The molecule has 0 spiro atoms. The van der Waals surface area contributed by atoms with Crippen molar-refractivity contribution >= 4 is 15.9 Å². The zero-order valence-corrected chi connectivity index (χ0v) is 18.6. The predicted octanol–water partition coefficient (Wildman–Crippen LogP) is 4.97. The van der Waals surface area contributed by atoms with Gasteiger partial charge in [0.15, 0.2) is 11.5 Å². The molecule has 1 saturated heterocycles. The second-order valence-electron chi connectivity index (χ2n) is 7.35. The maximum Gasteiger partial charge on any atom is 0.163 e. The van der Waals surface area contributed by atoms with Gasteiger partial charge in [-0.15, -0.1) is 0 Å². The minimum absolute atomic E-state index is 0.728. The Labute approximate surface area is 176 Å². The summed E-state index contributed by atoms with van der Waals surface area (Å²) >= 11 is 3.69. The lowest BCUT2D eigenvalue weighted by molar-refractivity contribution is 0.185. The average molecular weight is 448 g/mol. The van der Waals surface area contributed by atoms with Gasteiger partial charge in [-0.05, 0) is 80.1 Å². The number of benzene rings is 2. The van der Waals surface area contributed by atoms with Gasteiger partial charge >= 0.3 is 0 Å². The highest BCUT2D eigenvalue weighted by atomic mass is 79.9. The molecule has 0 radical (unpaired) electrons. The van der Waals surface area contributed by atoms with Gasteiger partial charge in [0.2, 0.25) is 0 Å². The van der Waals surface area contributed by atoms with Gasteiger partial charge in [0.05, 0.1) is 21.3 Å². The molecule has 152 valence electrons. The topological polar surface area (TPSA) is 30.9 Å². The fraction of sp³-hybridized carbons (Fsp3) is 0.478. The monoisotopic (exact) mass is 447 g/mol. The molecule has 3 rings (SSSR count). The number of piperidine rings is 1. The van der Waals surface area contributed by atoms with Crippen LogP contribution in [0.2, 0.25) is 0 Å². The second kappa shape index (κ2) is 10.2. The molecule has 0 bridgehead atoms. The standard InChI is InChI=1S/C23H30BrNO3/c1-26-20-7-8-21(24)19(16-20)15-17-9-12-25(13-10-17)14-11-18-5-4-6-22(27-2)23(18)28-3/h4-8,16-17H,9-15H2,1-3H3. The molecule has 1 aliphatic rings. The van der Waals surface area contributed by atoms with Gasteiger partial charge in [0.25, 0.3) is 0 Å². The van der Waals surface area contributed by atoms with Gasteiger partial charge in [-0.3, -0.25) is 0 Å². The summed E-state index contributed by atoms with van der Waals surface area (Å²) in [5.41, 5.74) is 2.56. The number of ether oxygens (including phenoxy) is 3. The molecule has 0 amide bonds. The van der Waals surface area contributed by atoms with Crippen molar-refractivity contribution in [1.29, 1.82) is 0 Å². The van der Waals surface area contributed by atoms with Crippen LogP contribution in [0.25, 0.3) is 0 Å². The first kappa shape index (κ1) is 21.0. The van der Waals surface area contributed by atoms with Gasteiger partial charge < -0.3 is 19.1 Å². The molecule has 0 unspecified atom stereocenters. The highest BCUT2D eigenvalue weighted by molar-refractivity contribution is 9.10. The van der Waals surface area contributed by atoms with Crippen LogP contribution in [0.5, 0.6) is 17.2 Å². The van der Waals surface area contributed by atoms with E-state index in [1.807, 2.05) is 18.2 Å². The van der Waals surface area contributed by atoms with E-state index >= 15 is 0 Å². The zero-order chi connectivity index (χ0) is 19.9. The quantitative estimate of drug-likeness (QED) is 0.571. The molecular weight excluding hydrogens is 418 g/mol. The van der Waals surface area contributed by atoms with Crippen molar-refractivity contribution < 1.29 is 14.2 Å². The summed E-state index contributed by atoms with van der Waals surface area (Å²) in [6, 6.07) is 12.4. The van der Waals surface area contributed by atoms with Crippen molar-refractivity contribution in [3.63, 3.8) is 0 Å². The van der Waals surface area contributed by atoms with Crippen LogP contribution < -0.4 is 14.2 Å². The van der Waals surface area contributed by atoms with Crippen molar-refractivity contribution in [2.24, 2.45) is 5.92 Å². The molecule has 0 aromatic heterocycles. The number of hydrogen-bond donors (Lipinski definition) is 0. The van der Waals surface area contributed by atoms with E-state index in [4.69, 9.17) is 14.2 Å². The predicted molar refractivity (Wildman–Crippen MR) is 117 cm³/mol. The Balaban J connectivity index is 1.51. The molecule has 5 heteroatoms. The van der Waals surface area contributed by atoms with Crippen molar-refractivity contribution in [2.45, 2.75) is 25.7 Å². The Morgan fingerprint density at radius 2 is 1.75 bits per heavy atom. The van der Waals surface area contributed by atoms with Crippen LogP contribution in [-0.4, -0.2) is 45.9 Å². The average Bonchev–Trinajstić information content (AvgIpc) is 2.74. The smallest absolute Gasteiger partial charge is 0.163 e. The SMILES string of the molecule is COc1ccc(Br)c(CC2CCN(CCc3cccc(OC)c3OC)CC2)c1. The molecule has 1 aliphatic heterocycles. The number of nitrogens with zero attached hydrogens (tertiary/aromatic N) is 1. The first-order chi connectivity index (χ1) is 13.6. The van der Waals surface area contributed by atoms with Gasteiger partial charge in [-0.2, -0.15) is 0 Å². The van der Waals surface area contributed by atoms with E-state index < -0.39 is 0 Å². The summed E-state index contributed by atoms with van der Waals surface area (Å²) in [6.07, 6.45) is 4.56. The Morgan fingerprint density at radius 1 is 0.964 bits per heavy atom. The first-order valence-corrected chi connectivity index (χ1v) is 10.7. The van der Waals surface area contributed by atoms with E-state index in [9.17, 15) is 0 Å². The Morgan fingerprint density at radius 3 is 2.43 bits per heavy atom. The summed E-state index contributed by atoms with van der Waals surface area (Å²) in [5, 5.41) is 0. The van der Waals surface area contributed by atoms with Crippen molar-refractivity contribution in [2.75, 3.05) is 41.0 Å². The third kappa shape index (κ3) is 5.21. The highest BCUT2D eigenvalue weighted by Gasteiger charge is 2.21. The highest BCUT2D eigenvalue weighted by Crippen LogP contribution is 2.32. The Bertz CT molecular complexity index is 772. The first-order valence-electron chi connectivity index (χ1n) is 9.89. The third-order valence-corrected chi connectivity index (χ3v) is 6.42. The number of rotatable bonds is 8. The minimum atomic E-state index is 0.728. The van der Waals surface area contributed by atoms with Crippen molar-refractivity contribution in [3.8, 4) is 17.2 Å². The van der Waals surface area contributed by atoms with Crippen LogP contribution in [-0.2, 0) is 12.8 Å². The second-order valence-corrected chi connectivity index (χ2v) is 8.20. The van der Waals surface area contributed by atoms with E-state index in [2.05, 4.69) is 39.0 Å². The lowest BCUT2D eigenvalue weighted by Crippen LogP contribution is -2.35. The van der Waals surface area contributed by atoms with Crippen LogP contribution in [0.15, 0.2) is 40.9 Å². The van der Waals surface area contributed by atoms with Crippen LogP contribution in [0, 0.1) is 5.92 Å². The normalized spacial score (nSPS) is 15.4. The number of likely N-dealkylation sites (tertiary alicyclic amines) is 1. The largest absolute Gasteiger partial charge is 0.497 e. The summed E-state index contributed by atoms with van der Waals surface area (Å²) in [6.45, 7) is 3.36. The fourth-order valence-corrected chi connectivity index (χ4v) is 4.40. The fourth-order valence-electron chi connectivity index (χ4n) is 3.99. The molecule has 0 aliphatic carbocycles. The van der Waals surface area contributed by atoms with Crippen LogP contribution in [0.3, 0.4) is 0 Å². The molecule has 1 heterocycles. The molecule has 0 N–H and O–H groups in total. The summed E-state index contributed by atoms with van der Waals surface area (Å²) in [5.74, 6) is 3.33. The maximum absolute atomic E-state index is 5.56. The molecule has 28 heavy (non-hydrogen) atoms. The molecule has 1 fully saturated rings. The van der Waals surface area contributed by atoms with Gasteiger partial charge in [-0.1, -0.05) is 28.1 Å². The Hall–Kier alpha value is -1.72. The molecule has 0 saturated carbocycles. The lowest BCUT2D eigenvalue weighted by atomic mass is 9.90. The van der Waals surface area contributed by atoms with Gasteiger partial charge in [0.1, 0.15) is 5.75 Å². The zero-order valence-electron chi connectivity index (χ0n) is 17.0. The lowest BCUT2D eigenvalue weighted by Gasteiger charge is -2.32. The summed E-state index contributed by atoms with van der Waals surface area (Å²) < 4.78 is 17.5. The van der Waals surface area contributed by atoms with Crippen molar-refractivity contribution in [1.82, 2.24) is 4.90 Å². The molecule has 0 atom stereocenters. The van der Waals surface area contributed by atoms with Crippen molar-refractivity contribution in [3.05, 3.63) is 52.0 Å². The summed E-state index contributed by atoms with van der Waals surface area (Å²) in [4.78, 5) is 2.57. The molecule has 2 aromatic rings. The number of hydrogen-bond acceptors (Lipinski definition) is 4. The maximum atomic E-state index is 5.56.